The molecule has 2 N–H and O–H groups in total. The molecule has 1 aliphatic heterocycles. The summed E-state index contributed by atoms with van der Waals surface area (Å²) in [5, 5.41) is 16.6. The molecule has 1 saturated heterocycles. The molecule has 0 amide bonds. The topological polar surface area (TPSA) is 103 Å². The van der Waals surface area contributed by atoms with Crippen molar-refractivity contribution in [3.8, 4) is 6.07 Å². The summed E-state index contributed by atoms with van der Waals surface area (Å²) in [6, 6.07) is 13.4. The smallest absolute Gasteiger partial charge is 0.338 e. The van der Waals surface area contributed by atoms with Crippen LogP contribution < -0.4 is 10.6 Å². The lowest BCUT2D eigenvalue weighted by Crippen LogP contribution is -2.39. The number of nitrogens with zero attached hydrogens (tertiary/aromatic N) is 4. The molecular formula is C29H33ClN6O2. The van der Waals surface area contributed by atoms with Crippen molar-refractivity contribution in [2.75, 3.05) is 23.7 Å². The Hall–Kier alpha value is -3.67. The molecule has 0 unspecified atom stereocenters. The van der Waals surface area contributed by atoms with Gasteiger partial charge in [-0.1, -0.05) is 17.7 Å². The number of halogens is 1. The number of piperidine rings is 1. The second-order valence-electron chi connectivity index (χ2n) is 9.94. The van der Waals surface area contributed by atoms with E-state index in [-0.39, 0.29) is 18.1 Å². The summed E-state index contributed by atoms with van der Waals surface area (Å²) in [4.78, 5) is 23.6. The van der Waals surface area contributed by atoms with Crippen LogP contribution >= 0.6 is 11.6 Å². The van der Waals surface area contributed by atoms with E-state index < -0.39 is 0 Å². The van der Waals surface area contributed by atoms with E-state index >= 15 is 0 Å². The first-order valence-electron chi connectivity index (χ1n) is 12.8. The molecule has 38 heavy (non-hydrogen) atoms. The minimum Gasteiger partial charge on any atom is -0.459 e. The highest BCUT2D eigenvalue weighted by Crippen LogP contribution is 2.26. The highest BCUT2D eigenvalue weighted by atomic mass is 35.5. The molecule has 1 aromatic heterocycles. The predicted molar refractivity (Wildman–Crippen MR) is 150 cm³/mol. The summed E-state index contributed by atoms with van der Waals surface area (Å²) in [6.07, 6.45) is 3.47. The summed E-state index contributed by atoms with van der Waals surface area (Å²) < 4.78 is 5.26. The zero-order valence-electron chi connectivity index (χ0n) is 22.2. The Labute approximate surface area is 229 Å². The third kappa shape index (κ3) is 7.00. The number of rotatable bonds is 8. The number of aryl methyl sites for hydroxylation is 2. The number of aromatic nitrogens is 2. The maximum absolute atomic E-state index is 12.1. The van der Waals surface area contributed by atoms with E-state index in [2.05, 4.69) is 31.6 Å². The maximum Gasteiger partial charge on any atom is 0.338 e. The molecule has 2 heterocycles. The molecule has 198 valence electrons. The number of ether oxygens (including phenoxy) is 1. The molecule has 4 rings (SSSR count). The van der Waals surface area contributed by atoms with Gasteiger partial charge in [-0.3, -0.25) is 4.90 Å². The first-order valence-corrected chi connectivity index (χ1v) is 13.2. The summed E-state index contributed by atoms with van der Waals surface area (Å²) >= 11 is 6.49. The first kappa shape index (κ1) is 27.4. The summed E-state index contributed by atoms with van der Waals surface area (Å²) in [5.74, 6) is 0.930. The van der Waals surface area contributed by atoms with Crippen molar-refractivity contribution in [2.24, 2.45) is 0 Å². The summed E-state index contributed by atoms with van der Waals surface area (Å²) in [5.41, 5.74) is 5.05. The largest absolute Gasteiger partial charge is 0.459 e. The number of carbonyl (C=O) groups is 1. The van der Waals surface area contributed by atoms with Gasteiger partial charge >= 0.3 is 5.97 Å². The van der Waals surface area contributed by atoms with Crippen LogP contribution in [-0.2, 0) is 11.3 Å². The van der Waals surface area contributed by atoms with Crippen LogP contribution in [0.25, 0.3) is 0 Å². The van der Waals surface area contributed by atoms with Crippen molar-refractivity contribution in [3.05, 3.63) is 75.4 Å². The zero-order valence-corrected chi connectivity index (χ0v) is 23.0. The molecule has 0 spiro atoms. The minimum absolute atomic E-state index is 0.170. The third-order valence-corrected chi connectivity index (χ3v) is 6.87. The van der Waals surface area contributed by atoms with Crippen molar-refractivity contribution in [3.63, 3.8) is 0 Å². The van der Waals surface area contributed by atoms with E-state index in [9.17, 15) is 10.1 Å². The SMILES string of the molecule is Cc1cc(C#N)cc(C)c1Nc1ccnc(NC2CCN(Cc3ccc(C(=O)OC(C)C)cc3Cl)CC2)n1. The van der Waals surface area contributed by atoms with Gasteiger partial charge in [0.25, 0.3) is 0 Å². The van der Waals surface area contributed by atoms with Crippen molar-refractivity contribution < 1.29 is 9.53 Å². The van der Waals surface area contributed by atoms with Gasteiger partial charge in [0.15, 0.2) is 0 Å². The number of hydrogen-bond acceptors (Lipinski definition) is 8. The highest BCUT2D eigenvalue weighted by Gasteiger charge is 2.21. The van der Waals surface area contributed by atoms with Gasteiger partial charge in [0, 0.05) is 42.6 Å². The molecule has 0 bridgehead atoms. The number of anilines is 3. The molecule has 0 aliphatic carbocycles. The van der Waals surface area contributed by atoms with Crippen LogP contribution in [0, 0.1) is 25.2 Å². The second kappa shape index (κ2) is 12.2. The van der Waals surface area contributed by atoms with Crippen LogP contribution in [0.4, 0.5) is 17.5 Å². The van der Waals surface area contributed by atoms with Gasteiger partial charge in [-0.15, -0.1) is 0 Å². The Morgan fingerprint density at radius 3 is 2.53 bits per heavy atom. The number of nitriles is 1. The van der Waals surface area contributed by atoms with E-state index in [1.165, 1.54) is 0 Å². The number of benzene rings is 2. The van der Waals surface area contributed by atoms with Crippen LogP contribution in [0.2, 0.25) is 5.02 Å². The molecule has 3 aromatic rings. The fourth-order valence-corrected chi connectivity index (χ4v) is 4.83. The highest BCUT2D eigenvalue weighted by molar-refractivity contribution is 6.31. The van der Waals surface area contributed by atoms with Gasteiger partial charge in [0.05, 0.1) is 23.3 Å². The van der Waals surface area contributed by atoms with E-state index in [0.29, 0.717) is 27.9 Å². The fourth-order valence-electron chi connectivity index (χ4n) is 4.59. The Morgan fingerprint density at radius 2 is 1.89 bits per heavy atom. The van der Waals surface area contributed by atoms with Crippen molar-refractivity contribution >= 4 is 35.0 Å². The molecule has 8 nitrogen and oxygen atoms in total. The fraction of sp³-hybridized carbons (Fsp3) is 0.379. The van der Waals surface area contributed by atoms with Crippen LogP contribution in [0.3, 0.4) is 0 Å². The summed E-state index contributed by atoms with van der Waals surface area (Å²) in [7, 11) is 0. The molecule has 2 aromatic carbocycles. The molecule has 0 saturated carbocycles. The Kier molecular flexibility index (Phi) is 8.82. The van der Waals surface area contributed by atoms with Gasteiger partial charge < -0.3 is 15.4 Å². The van der Waals surface area contributed by atoms with Crippen LogP contribution in [-0.4, -0.2) is 46.1 Å². The van der Waals surface area contributed by atoms with Crippen LogP contribution in [0.15, 0.2) is 42.6 Å². The van der Waals surface area contributed by atoms with E-state index in [0.717, 1.165) is 54.9 Å². The first-order chi connectivity index (χ1) is 18.2. The number of carbonyl (C=O) groups excluding carboxylic acids is 1. The molecule has 9 heteroatoms. The number of nitrogens with one attached hydrogen (secondary N) is 2. The predicted octanol–water partition coefficient (Wildman–Crippen LogP) is 6.00. The zero-order chi connectivity index (χ0) is 27.2. The molecule has 1 fully saturated rings. The van der Waals surface area contributed by atoms with Gasteiger partial charge in [-0.05, 0) is 87.6 Å². The van der Waals surface area contributed by atoms with Gasteiger partial charge in [-0.2, -0.15) is 10.2 Å². The van der Waals surface area contributed by atoms with E-state index in [1.54, 1.807) is 18.3 Å². The minimum atomic E-state index is -0.357. The lowest BCUT2D eigenvalue weighted by Gasteiger charge is -2.32. The Bertz CT molecular complexity index is 1320. The van der Waals surface area contributed by atoms with Crippen molar-refractivity contribution in [1.29, 1.82) is 5.26 Å². The Morgan fingerprint density at radius 1 is 1.18 bits per heavy atom. The average molecular weight is 533 g/mol. The van der Waals surface area contributed by atoms with Crippen LogP contribution in [0.1, 0.15) is 59.3 Å². The van der Waals surface area contributed by atoms with Crippen molar-refractivity contribution in [2.45, 2.75) is 59.2 Å². The summed E-state index contributed by atoms with van der Waals surface area (Å²) in [6.45, 7) is 10.2. The average Bonchev–Trinajstić information content (AvgIpc) is 2.88. The van der Waals surface area contributed by atoms with Crippen LogP contribution in [0.5, 0.6) is 0 Å². The normalized spacial score (nSPS) is 14.2. The lowest BCUT2D eigenvalue weighted by molar-refractivity contribution is 0.0378. The van der Waals surface area contributed by atoms with Gasteiger partial charge in [0.2, 0.25) is 5.95 Å². The molecule has 0 atom stereocenters. The van der Waals surface area contributed by atoms with Gasteiger partial charge in [0.1, 0.15) is 5.82 Å². The molecular weight excluding hydrogens is 500 g/mol. The molecule has 0 radical (unpaired) electrons. The maximum atomic E-state index is 12.1. The second-order valence-corrected chi connectivity index (χ2v) is 10.3. The Balaban J connectivity index is 1.31. The number of likely N-dealkylation sites (tertiary alicyclic amines) is 1. The standard InChI is InChI=1S/C29H33ClN6O2/c1-18(2)38-28(37)22-5-6-23(25(30)15-22)17-36-11-8-24(9-12-36)33-29-32-10-7-26(35-29)34-27-19(3)13-21(16-31)14-20(27)4/h5-7,10,13-15,18,24H,8-9,11-12,17H2,1-4H3,(H2,32,33,34,35). The van der Waals surface area contributed by atoms with Gasteiger partial charge in [-0.25, -0.2) is 9.78 Å². The quantitative estimate of drug-likeness (QED) is 0.340. The van der Waals surface area contributed by atoms with E-state index in [1.807, 2.05) is 52.0 Å². The number of hydrogen-bond donors (Lipinski definition) is 2. The lowest BCUT2D eigenvalue weighted by atomic mass is 10.0. The van der Waals surface area contributed by atoms with Crippen molar-refractivity contribution in [1.82, 2.24) is 14.9 Å². The monoisotopic (exact) mass is 532 g/mol. The van der Waals surface area contributed by atoms with E-state index in [4.69, 9.17) is 16.3 Å². The molecule has 1 aliphatic rings. The number of esters is 1. The third-order valence-electron chi connectivity index (χ3n) is 6.52.